The summed E-state index contributed by atoms with van der Waals surface area (Å²) < 4.78 is 17.2. The second-order valence-corrected chi connectivity index (χ2v) is 7.10. The van der Waals surface area contributed by atoms with Crippen LogP contribution in [-0.2, 0) is 6.42 Å². The molecule has 0 aliphatic carbocycles. The van der Waals surface area contributed by atoms with Crippen LogP contribution in [0.3, 0.4) is 0 Å². The van der Waals surface area contributed by atoms with E-state index >= 15 is 0 Å². The number of rotatable bonds is 12. The maximum Gasteiger partial charge on any atom is 0.269 e. The third kappa shape index (κ3) is 6.96. The predicted molar refractivity (Wildman–Crippen MR) is 129 cm³/mol. The van der Waals surface area contributed by atoms with E-state index in [1.54, 1.807) is 25.5 Å². The fraction of sp³-hybridized carbons (Fsp3) is 0.240. The number of non-ortho nitro benzene ring substituents is 1. The number of methoxy groups -OCH3 is 1. The molecule has 0 fully saturated rings. The van der Waals surface area contributed by atoms with E-state index in [2.05, 4.69) is 29.6 Å². The first kappa shape index (κ1) is 23.6. The summed E-state index contributed by atoms with van der Waals surface area (Å²) in [5.41, 5.74) is 5.52. The molecule has 0 radical (unpaired) electrons. The van der Waals surface area contributed by atoms with Gasteiger partial charge in [-0.3, -0.25) is 15.5 Å². The van der Waals surface area contributed by atoms with Gasteiger partial charge in [0.1, 0.15) is 5.75 Å². The summed E-state index contributed by atoms with van der Waals surface area (Å²) in [5, 5.41) is 15.0. The molecule has 0 aromatic heterocycles. The average Bonchev–Trinajstić information content (AvgIpc) is 2.85. The van der Waals surface area contributed by atoms with Crippen molar-refractivity contribution in [2.75, 3.05) is 25.7 Å². The topological polar surface area (TPSA) is 95.2 Å². The Morgan fingerprint density at radius 3 is 2.39 bits per heavy atom. The van der Waals surface area contributed by atoms with Gasteiger partial charge < -0.3 is 14.2 Å². The molecular formula is C25H27N3O5. The lowest BCUT2D eigenvalue weighted by atomic mass is 10.2. The number of anilines is 1. The normalized spacial score (nSPS) is 10.7. The summed E-state index contributed by atoms with van der Waals surface area (Å²) in [6.45, 7) is 3.10. The van der Waals surface area contributed by atoms with Crippen molar-refractivity contribution in [3.05, 3.63) is 88.0 Å². The van der Waals surface area contributed by atoms with Gasteiger partial charge in [0.05, 0.1) is 37.1 Å². The van der Waals surface area contributed by atoms with Crippen molar-refractivity contribution >= 4 is 17.6 Å². The minimum atomic E-state index is -0.444. The Labute approximate surface area is 193 Å². The summed E-state index contributed by atoms with van der Waals surface area (Å²) >= 11 is 0. The lowest BCUT2D eigenvalue weighted by Gasteiger charge is -2.13. The van der Waals surface area contributed by atoms with Crippen molar-refractivity contribution in [2.24, 2.45) is 5.10 Å². The molecule has 0 saturated carbocycles. The molecule has 8 heteroatoms. The molecule has 0 amide bonds. The lowest BCUT2D eigenvalue weighted by Crippen LogP contribution is -2.07. The summed E-state index contributed by atoms with van der Waals surface area (Å²) in [4.78, 5) is 10.3. The maximum atomic E-state index is 10.8. The Bertz CT molecular complexity index is 1070. The molecule has 0 unspecified atom stereocenters. The van der Waals surface area contributed by atoms with Crippen LogP contribution in [-0.4, -0.2) is 31.5 Å². The van der Waals surface area contributed by atoms with Crippen molar-refractivity contribution in [3.63, 3.8) is 0 Å². The molecule has 3 rings (SSSR count). The largest absolute Gasteiger partial charge is 0.493 e. The highest BCUT2D eigenvalue weighted by Gasteiger charge is 2.09. The second kappa shape index (κ2) is 12.1. The Morgan fingerprint density at radius 2 is 1.73 bits per heavy atom. The number of aryl methyl sites for hydroxylation is 1. The third-order valence-electron chi connectivity index (χ3n) is 4.84. The van der Waals surface area contributed by atoms with Crippen LogP contribution in [0.15, 0.2) is 71.8 Å². The van der Waals surface area contributed by atoms with Crippen molar-refractivity contribution in [1.82, 2.24) is 0 Å². The molecule has 3 aromatic rings. The summed E-state index contributed by atoms with van der Waals surface area (Å²) in [6.07, 6.45) is 3.32. The number of para-hydroxylation sites is 1. The lowest BCUT2D eigenvalue weighted by molar-refractivity contribution is -0.384. The fourth-order valence-corrected chi connectivity index (χ4v) is 3.03. The van der Waals surface area contributed by atoms with Crippen LogP contribution >= 0.6 is 0 Å². The number of benzene rings is 3. The zero-order valence-electron chi connectivity index (χ0n) is 18.7. The van der Waals surface area contributed by atoms with Gasteiger partial charge in [0.15, 0.2) is 11.5 Å². The molecule has 0 saturated heterocycles. The summed E-state index contributed by atoms with van der Waals surface area (Å²) in [7, 11) is 1.58. The Hall–Kier alpha value is -4.07. The van der Waals surface area contributed by atoms with Crippen molar-refractivity contribution in [2.45, 2.75) is 19.8 Å². The molecule has 0 aliphatic rings. The van der Waals surface area contributed by atoms with E-state index < -0.39 is 4.92 Å². The van der Waals surface area contributed by atoms with E-state index in [4.69, 9.17) is 14.2 Å². The number of hydrogen-bond acceptors (Lipinski definition) is 7. The molecule has 1 N–H and O–H groups in total. The maximum absolute atomic E-state index is 10.8. The molecule has 0 heterocycles. The molecule has 0 aliphatic heterocycles. The van der Waals surface area contributed by atoms with Crippen LogP contribution in [0.4, 0.5) is 11.4 Å². The van der Waals surface area contributed by atoms with Crippen LogP contribution in [0, 0.1) is 10.1 Å². The van der Waals surface area contributed by atoms with Gasteiger partial charge in [0.25, 0.3) is 5.69 Å². The van der Waals surface area contributed by atoms with Crippen LogP contribution in [0.1, 0.15) is 24.5 Å². The standard InChI is InChI=1S/C25H27N3O5/c1-3-19-8-14-23(15-9-19)32-16-5-17-33-25-20(6-4-7-24(25)31-2)18-26-27-21-10-12-22(13-11-21)28(29)30/h4,6-15,18,27H,3,5,16-17H2,1-2H3/b26-18+. The Balaban J connectivity index is 1.55. The third-order valence-corrected chi connectivity index (χ3v) is 4.84. The van der Waals surface area contributed by atoms with Gasteiger partial charge >= 0.3 is 0 Å². The van der Waals surface area contributed by atoms with Crippen LogP contribution in [0.25, 0.3) is 0 Å². The average molecular weight is 450 g/mol. The van der Waals surface area contributed by atoms with E-state index in [0.717, 1.165) is 17.7 Å². The number of hydrazone groups is 1. The van der Waals surface area contributed by atoms with Crippen LogP contribution in [0.5, 0.6) is 17.2 Å². The number of nitrogens with one attached hydrogen (secondary N) is 1. The number of nitro groups is 1. The number of hydrogen-bond donors (Lipinski definition) is 1. The number of nitro benzene ring substituents is 1. The zero-order chi connectivity index (χ0) is 23.5. The highest BCUT2D eigenvalue weighted by Crippen LogP contribution is 2.30. The number of nitrogens with zero attached hydrogens (tertiary/aromatic N) is 2. The predicted octanol–water partition coefficient (Wildman–Crippen LogP) is 5.46. The van der Waals surface area contributed by atoms with E-state index in [9.17, 15) is 10.1 Å². The summed E-state index contributed by atoms with van der Waals surface area (Å²) in [5.74, 6) is 2.03. The van der Waals surface area contributed by atoms with Crippen LogP contribution < -0.4 is 19.6 Å². The van der Waals surface area contributed by atoms with E-state index in [1.165, 1.54) is 17.7 Å². The van der Waals surface area contributed by atoms with E-state index in [-0.39, 0.29) is 5.69 Å². The summed E-state index contributed by atoms with van der Waals surface area (Å²) in [6, 6.07) is 19.6. The Morgan fingerprint density at radius 1 is 1.00 bits per heavy atom. The number of ether oxygens (including phenoxy) is 3. The monoisotopic (exact) mass is 449 g/mol. The minimum Gasteiger partial charge on any atom is -0.493 e. The molecule has 33 heavy (non-hydrogen) atoms. The smallest absolute Gasteiger partial charge is 0.269 e. The van der Waals surface area contributed by atoms with Gasteiger partial charge in [0, 0.05) is 24.1 Å². The molecule has 172 valence electrons. The van der Waals surface area contributed by atoms with E-state index in [0.29, 0.717) is 36.8 Å². The Kier molecular flexibility index (Phi) is 8.64. The zero-order valence-corrected chi connectivity index (χ0v) is 18.7. The minimum absolute atomic E-state index is 0.0231. The van der Waals surface area contributed by atoms with Crippen molar-refractivity contribution in [1.29, 1.82) is 0 Å². The highest BCUT2D eigenvalue weighted by molar-refractivity contribution is 5.85. The van der Waals surface area contributed by atoms with Crippen molar-refractivity contribution in [3.8, 4) is 17.2 Å². The molecular weight excluding hydrogens is 422 g/mol. The highest BCUT2D eigenvalue weighted by atomic mass is 16.6. The van der Waals surface area contributed by atoms with Gasteiger partial charge in [-0.15, -0.1) is 0 Å². The first-order chi connectivity index (χ1) is 16.1. The van der Waals surface area contributed by atoms with Gasteiger partial charge in [-0.2, -0.15) is 5.10 Å². The SMILES string of the molecule is CCc1ccc(OCCCOc2c(/C=N/Nc3ccc([N+](=O)[O-])cc3)cccc2OC)cc1. The van der Waals surface area contributed by atoms with Gasteiger partial charge in [-0.05, 0) is 48.4 Å². The van der Waals surface area contributed by atoms with Crippen LogP contribution in [0.2, 0.25) is 0 Å². The van der Waals surface area contributed by atoms with Gasteiger partial charge in [0.2, 0.25) is 0 Å². The van der Waals surface area contributed by atoms with Gasteiger partial charge in [-0.25, -0.2) is 0 Å². The quantitative estimate of drug-likeness (QED) is 0.171. The molecule has 0 spiro atoms. The molecule has 0 atom stereocenters. The molecule has 0 bridgehead atoms. The second-order valence-electron chi connectivity index (χ2n) is 7.10. The first-order valence-corrected chi connectivity index (χ1v) is 10.7. The first-order valence-electron chi connectivity index (χ1n) is 10.7. The van der Waals surface area contributed by atoms with E-state index in [1.807, 2.05) is 30.3 Å². The van der Waals surface area contributed by atoms with Crippen molar-refractivity contribution < 1.29 is 19.1 Å². The molecule has 8 nitrogen and oxygen atoms in total. The van der Waals surface area contributed by atoms with Gasteiger partial charge in [-0.1, -0.05) is 25.1 Å². The fourth-order valence-electron chi connectivity index (χ4n) is 3.03. The molecule has 3 aromatic carbocycles.